The SMILES string of the molecule is NC1(C2(c3ccc4c(c3)OCO4)CC2)CC1. The van der Waals surface area contributed by atoms with Crippen LogP contribution in [0.15, 0.2) is 18.2 Å². The Bertz CT molecular complexity index is 461. The second-order valence-corrected chi connectivity index (χ2v) is 5.31. The van der Waals surface area contributed by atoms with Crippen LogP contribution in [0.1, 0.15) is 31.2 Å². The minimum atomic E-state index is 0.0701. The van der Waals surface area contributed by atoms with Crippen LogP contribution in [0.25, 0.3) is 0 Å². The monoisotopic (exact) mass is 217 g/mol. The van der Waals surface area contributed by atoms with Crippen molar-refractivity contribution < 1.29 is 9.47 Å². The van der Waals surface area contributed by atoms with Crippen LogP contribution in [0.5, 0.6) is 11.5 Å². The summed E-state index contributed by atoms with van der Waals surface area (Å²) in [4.78, 5) is 0. The standard InChI is InChI=1S/C13H15NO2/c14-13(5-6-13)12(3-4-12)9-1-2-10-11(7-9)16-8-15-10/h1-2,7H,3-6,8,14H2. The maximum atomic E-state index is 6.39. The van der Waals surface area contributed by atoms with Crippen molar-refractivity contribution >= 4 is 0 Å². The lowest BCUT2D eigenvalue weighted by molar-refractivity contribution is 0.174. The van der Waals surface area contributed by atoms with Gasteiger partial charge in [-0.2, -0.15) is 0 Å². The Morgan fingerprint density at radius 1 is 1.00 bits per heavy atom. The molecule has 4 rings (SSSR count). The van der Waals surface area contributed by atoms with Gasteiger partial charge in [-0.3, -0.25) is 0 Å². The van der Waals surface area contributed by atoms with Gasteiger partial charge in [-0.25, -0.2) is 0 Å². The van der Waals surface area contributed by atoms with Crippen molar-refractivity contribution in [1.82, 2.24) is 0 Å². The highest BCUT2D eigenvalue weighted by Crippen LogP contribution is 2.64. The average Bonchev–Trinajstić information content (AvgIpc) is 3.18. The summed E-state index contributed by atoms with van der Waals surface area (Å²) in [6, 6.07) is 6.30. The molecule has 0 atom stereocenters. The average molecular weight is 217 g/mol. The first-order chi connectivity index (χ1) is 7.74. The van der Waals surface area contributed by atoms with E-state index in [9.17, 15) is 0 Å². The van der Waals surface area contributed by atoms with Crippen LogP contribution < -0.4 is 15.2 Å². The Hall–Kier alpha value is -1.22. The molecule has 1 aliphatic heterocycles. The van der Waals surface area contributed by atoms with Crippen LogP contribution in [0, 0.1) is 0 Å². The minimum Gasteiger partial charge on any atom is -0.454 e. The van der Waals surface area contributed by atoms with Gasteiger partial charge in [0, 0.05) is 11.0 Å². The fraction of sp³-hybridized carbons (Fsp3) is 0.538. The Kier molecular flexibility index (Phi) is 1.41. The fourth-order valence-electron chi connectivity index (χ4n) is 3.01. The number of fused-ring (bicyclic) bond motifs is 1. The van der Waals surface area contributed by atoms with Gasteiger partial charge in [0.15, 0.2) is 11.5 Å². The van der Waals surface area contributed by atoms with Gasteiger partial charge in [0.25, 0.3) is 0 Å². The van der Waals surface area contributed by atoms with Crippen molar-refractivity contribution in [3.05, 3.63) is 23.8 Å². The molecule has 3 heteroatoms. The quantitative estimate of drug-likeness (QED) is 0.823. The summed E-state index contributed by atoms with van der Waals surface area (Å²) in [5, 5.41) is 0. The van der Waals surface area contributed by atoms with Crippen LogP contribution in [0.2, 0.25) is 0 Å². The summed E-state index contributed by atoms with van der Waals surface area (Å²) in [6.07, 6.45) is 4.79. The van der Waals surface area contributed by atoms with Crippen molar-refractivity contribution in [1.29, 1.82) is 0 Å². The molecule has 1 aromatic rings. The number of hydrogen-bond donors (Lipinski definition) is 1. The number of benzene rings is 1. The molecule has 2 saturated carbocycles. The smallest absolute Gasteiger partial charge is 0.231 e. The first kappa shape index (κ1) is 8.88. The second-order valence-electron chi connectivity index (χ2n) is 5.31. The van der Waals surface area contributed by atoms with Crippen molar-refractivity contribution in [2.24, 2.45) is 5.73 Å². The minimum absolute atomic E-state index is 0.0701. The van der Waals surface area contributed by atoms with Gasteiger partial charge >= 0.3 is 0 Å². The van der Waals surface area contributed by atoms with Crippen LogP contribution in [0.4, 0.5) is 0 Å². The number of hydrogen-bond acceptors (Lipinski definition) is 3. The van der Waals surface area contributed by atoms with Crippen LogP contribution in [-0.2, 0) is 5.41 Å². The normalized spacial score (nSPS) is 26.6. The fourth-order valence-corrected chi connectivity index (χ4v) is 3.01. The first-order valence-corrected chi connectivity index (χ1v) is 5.93. The molecule has 2 N–H and O–H groups in total. The van der Waals surface area contributed by atoms with E-state index in [1.54, 1.807) is 0 Å². The highest BCUT2D eigenvalue weighted by Gasteiger charge is 2.64. The Labute approximate surface area is 94.5 Å². The van der Waals surface area contributed by atoms with Crippen molar-refractivity contribution in [3.63, 3.8) is 0 Å². The molecule has 1 heterocycles. The van der Waals surface area contributed by atoms with E-state index in [1.807, 2.05) is 6.07 Å². The lowest BCUT2D eigenvalue weighted by Gasteiger charge is -2.23. The van der Waals surface area contributed by atoms with E-state index in [1.165, 1.54) is 31.2 Å². The zero-order valence-electron chi connectivity index (χ0n) is 9.16. The van der Waals surface area contributed by atoms with Crippen molar-refractivity contribution in [2.75, 3.05) is 6.79 Å². The van der Waals surface area contributed by atoms with Crippen molar-refractivity contribution in [3.8, 4) is 11.5 Å². The molecule has 3 nitrogen and oxygen atoms in total. The molecule has 0 aromatic heterocycles. The van der Waals surface area contributed by atoms with Gasteiger partial charge in [0.05, 0.1) is 0 Å². The Balaban J connectivity index is 1.78. The van der Waals surface area contributed by atoms with Crippen molar-refractivity contribution in [2.45, 2.75) is 36.6 Å². The van der Waals surface area contributed by atoms with E-state index in [0.29, 0.717) is 6.79 Å². The third kappa shape index (κ3) is 0.969. The molecule has 0 amide bonds. The summed E-state index contributed by atoms with van der Waals surface area (Å²) in [6.45, 7) is 0.347. The number of nitrogens with two attached hydrogens (primary N) is 1. The van der Waals surface area contributed by atoms with Gasteiger partial charge < -0.3 is 15.2 Å². The largest absolute Gasteiger partial charge is 0.454 e. The van der Waals surface area contributed by atoms with E-state index in [-0.39, 0.29) is 11.0 Å². The highest BCUT2D eigenvalue weighted by molar-refractivity contribution is 5.50. The molecule has 0 bridgehead atoms. The van der Waals surface area contributed by atoms with Gasteiger partial charge in [0.1, 0.15) is 0 Å². The third-order valence-electron chi connectivity index (χ3n) is 4.42. The van der Waals surface area contributed by atoms with E-state index in [4.69, 9.17) is 15.2 Å². The molecule has 84 valence electrons. The predicted octanol–water partition coefficient (Wildman–Crippen LogP) is 1.94. The zero-order valence-corrected chi connectivity index (χ0v) is 9.16. The molecule has 16 heavy (non-hydrogen) atoms. The van der Waals surface area contributed by atoms with E-state index >= 15 is 0 Å². The molecule has 3 aliphatic rings. The maximum Gasteiger partial charge on any atom is 0.231 e. The first-order valence-electron chi connectivity index (χ1n) is 5.93. The topological polar surface area (TPSA) is 44.5 Å². The lowest BCUT2D eigenvalue weighted by atomic mass is 9.86. The lowest BCUT2D eigenvalue weighted by Crippen LogP contribution is -2.37. The highest BCUT2D eigenvalue weighted by atomic mass is 16.7. The van der Waals surface area contributed by atoms with E-state index in [0.717, 1.165) is 11.5 Å². The van der Waals surface area contributed by atoms with Crippen LogP contribution >= 0.6 is 0 Å². The zero-order chi connectivity index (χ0) is 10.8. The van der Waals surface area contributed by atoms with E-state index in [2.05, 4.69) is 12.1 Å². The summed E-state index contributed by atoms with van der Waals surface area (Å²) in [5.41, 5.74) is 8.05. The molecule has 0 unspecified atom stereocenters. The Morgan fingerprint density at radius 2 is 1.75 bits per heavy atom. The Morgan fingerprint density at radius 3 is 2.44 bits per heavy atom. The molecule has 0 saturated heterocycles. The predicted molar refractivity (Wildman–Crippen MR) is 59.6 cm³/mol. The van der Waals surface area contributed by atoms with Gasteiger partial charge in [-0.15, -0.1) is 0 Å². The van der Waals surface area contributed by atoms with Gasteiger partial charge in [-0.1, -0.05) is 6.07 Å². The molecule has 0 radical (unpaired) electrons. The molecular formula is C13H15NO2. The third-order valence-corrected chi connectivity index (χ3v) is 4.42. The van der Waals surface area contributed by atoms with Crippen LogP contribution in [0.3, 0.4) is 0 Å². The molecule has 2 fully saturated rings. The molecular weight excluding hydrogens is 202 g/mol. The second kappa shape index (κ2) is 2.54. The van der Waals surface area contributed by atoms with Gasteiger partial charge in [0.2, 0.25) is 6.79 Å². The van der Waals surface area contributed by atoms with Gasteiger partial charge in [-0.05, 0) is 43.4 Å². The van der Waals surface area contributed by atoms with E-state index < -0.39 is 0 Å². The molecule has 0 spiro atoms. The van der Waals surface area contributed by atoms with Crippen LogP contribution in [-0.4, -0.2) is 12.3 Å². The summed E-state index contributed by atoms with van der Waals surface area (Å²) in [7, 11) is 0. The summed E-state index contributed by atoms with van der Waals surface area (Å²) in [5.74, 6) is 1.74. The summed E-state index contributed by atoms with van der Waals surface area (Å²) < 4.78 is 10.8. The molecule has 1 aromatic carbocycles. The number of rotatable bonds is 2. The molecule has 2 aliphatic carbocycles. The number of ether oxygens (including phenoxy) is 2. The summed E-state index contributed by atoms with van der Waals surface area (Å²) >= 11 is 0. The maximum absolute atomic E-state index is 6.39.